The number of nitrogens with one attached hydrogen (secondary N) is 1. The van der Waals surface area contributed by atoms with E-state index in [1.54, 1.807) is 6.20 Å². The molecule has 1 saturated carbocycles. The lowest BCUT2D eigenvalue weighted by Crippen LogP contribution is -2.39. The minimum atomic E-state index is -1.64. The van der Waals surface area contributed by atoms with Crippen molar-refractivity contribution in [1.82, 2.24) is 9.55 Å². The fourth-order valence-electron chi connectivity index (χ4n) is 4.64. The maximum absolute atomic E-state index is 12.3. The van der Waals surface area contributed by atoms with Gasteiger partial charge >= 0.3 is 0 Å². The minimum absolute atomic E-state index is 0.181. The summed E-state index contributed by atoms with van der Waals surface area (Å²) in [5, 5.41) is 23.9. The maximum Gasteiger partial charge on any atom is 0.262 e. The molecule has 6 heteroatoms. The molecule has 1 fully saturated rings. The number of benzene rings is 1. The number of hydrogen-bond donors (Lipinski definition) is 2. The van der Waals surface area contributed by atoms with Crippen LogP contribution < -0.4 is 5.32 Å². The number of carbonyl (C=O) groups excluding carboxylic acids is 1. The highest BCUT2D eigenvalue weighted by Gasteiger charge is 2.45. The summed E-state index contributed by atoms with van der Waals surface area (Å²) in [6.45, 7) is 1.50. The highest BCUT2D eigenvalue weighted by Crippen LogP contribution is 2.48. The first-order chi connectivity index (χ1) is 13.5. The van der Waals surface area contributed by atoms with Crippen molar-refractivity contribution in [3.63, 3.8) is 0 Å². The van der Waals surface area contributed by atoms with Crippen LogP contribution in [0.1, 0.15) is 38.2 Å². The maximum atomic E-state index is 12.3. The number of anilines is 1. The molecule has 5 rings (SSSR count). The predicted molar refractivity (Wildman–Crippen MR) is 105 cm³/mol. The van der Waals surface area contributed by atoms with Crippen molar-refractivity contribution < 1.29 is 9.90 Å². The van der Waals surface area contributed by atoms with Crippen LogP contribution in [0.15, 0.2) is 42.7 Å². The lowest BCUT2D eigenvalue weighted by Gasteiger charge is -2.42. The molecule has 140 valence electrons. The van der Waals surface area contributed by atoms with E-state index in [0.717, 1.165) is 41.3 Å². The van der Waals surface area contributed by atoms with Crippen LogP contribution in [0.4, 0.5) is 5.82 Å². The van der Waals surface area contributed by atoms with Crippen molar-refractivity contribution in [1.29, 1.82) is 5.26 Å². The van der Waals surface area contributed by atoms with Crippen molar-refractivity contribution in [2.24, 2.45) is 0 Å². The molecule has 1 atom stereocenters. The van der Waals surface area contributed by atoms with Crippen LogP contribution >= 0.6 is 0 Å². The Kier molecular flexibility index (Phi) is 3.43. The summed E-state index contributed by atoms with van der Waals surface area (Å²) >= 11 is 0. The van der Waals surface area contributed by atoms with Gasteiger partial charge in [0.2, 0.25) is 0 Å². The summed E-state index contributed by atoms with van der Waals surface area (Å²) in [4.78, 5) is 16.5. The van der Waals surface area contributed by atoms with Crippen LogP contribution in [0.2, 0.25) is 0 Å². The Bertz CT molecular complexity index is 1160. The molecule has 0 spiro atoms. The highest BCUT2D eigenvalue weighted by molar-refractivity contribution is 6.08. The van der Waals surface area contributed by atoms with E-state index in [2.05, 4.69) is 33.2 Å². The van der Waals surface area contributed by atoms with Gasteiger partial charge in [0.05, 0.1) is 18.0 Å². The first-order valence-corrected chi connectivity index (χ1v) is 9.49. The molecule has 2 aliphatic rings. The number of pyridine rings is 1. The first kappa shape index (κ1) is 17.0. The number of fused-ring (bicyclic) bond motifs is 2. The number of aromatic nitrogens is 2. The van der Waals surface area contributed by atoms with Gasteiger partial charge in [0, 0.05) is 34.4 Å². The second-order valence-electron chi connectivity index (χ2n) is 7.95. The second kappa shape index (κ2) is 5.66. The summed E-state index contributed by atoms with van der Waals surface area (Å²) in [6.07, 6.45) is 7.26. The van der Waals surface area contributed by atoms with Gasteiger partial charge in [-0.3, -0.25) is 4.79 Å². The molecule has 6 nitrogen and oxygen atoms in total. The van der Waals surface area contributed by atoms with Crippen molar-refractivity contribution >= 4 is 22.6 Å². The largest absolute Gasteiger partial charge is 0.375 e. The molecule has 1 unspecified atom stereocenters. The van der Waals surface area contributed by atoms with Crippen molar-refractivity contribution in [2.75, 3.05) is 5.32 Å². The van der Waals surface area contributed by atoms with Crippen LogP contribution in [0.5, 0.6) is 0 Å². The van der Waals surface area contributed by atoms with E-state index in [9.17, 15) is 15.2 Å². The van der Waals surface area contributed by atoms with E-state index in [0.29, 0.717) is 17.8 Å². The highest BCUT2D eigenvalue weighted by atomic mass is 16.3. The standard InChI is InChI=1S/C22H20N4O2/c1-21(28)18-15(7-12-24-19(18)25-20(21)27)16-13-26(17-6-3-2-5-14(16)17)22(10-11-23)8-4-9-22/h2-3,5-7,12-13,28H,4,8-10H2,1H3,(H,24,25,27). The Morgan fingerprint density at radius 1 is 1.29 bits per heavy atom. The van der Waals surface area contributed by atoms with Gasteiger partial charge in [-0.2, -0.15) is 5.26 Å². The van der Waals surface area contributed by atoms with E-state index in [1.807, 2.05) is 24.3 Å². The summed E-state index contributed by atoms with van der Waals surface area (Å²) in [5.74, 6) is -0.0640. The van der Waals surface area contributed by atoms with Gasteiger partial charge in [0.1, 0.15) is 5.82 Å². The molecule has 1 aliphatic heterocycles. The fraction of sp³-hybridized carbons (Fsp3) is 0.318. The number of hydrogen-bond acceptors (Lipinski definition) is 4. The topological polar surface area (TPSA) is 90.9 Å². The number of nitrogens with zero attached hydrogens (tertiary/aromatic N) is 3. The zero-order valence-electron chi connectivity index (χ0n) is 15.6. The van der Waals surface area contributed by atoms with Gasteiger partial charge in [0.15, 0.2) is 5.60 Å². The molecule has 3 aromatic rings. The molecule has 2 N–H and O–H groups in total. The van der Waals surface area contributed by atoms with Crippen LogP contribution in [0, 0.1) is 11.3 Å². The third-order valence-electron chi connectivity index (χ3n) is 6.32. The summed E-state index contributed by atoms with van der Waals surface area (Å²) in [5.41, 5.74) is 1.48. The molecule has 1 aliphatic carbocycles. The van der Waals surface area contributed by atoms with Gasteiger partial charge in [-0.05, 0) is 43.9 Å². The Balaban J connectivity index is 1.79. The summed E-state index contributed by atoms with van der Waals surface area (Å²) < 4.78 is 2.23. The number of carbonyl (C=O) groups is 1. The zero-order valence-corrected chi connectivity index (χ0v) is 15.6. The summed E-state index contributed by atoms with van der Waals surface area (Å²) in [7, 11) is 0. The lowest BCUT2D eigenvalue weighted by molar-refractivity contribution is -0.131. The Morgan fingerprint density at radius 3 is 2.79 bits per heavy atom. The number of para-hydroxylation sites is 1. The molecule has 0 radical (unpaired) electrons. The zero-order chi connectivity index (χ0) is 19.5. The number of rotatable bonds is 3. The van der Waals surface area contributed by atoms with Gasteiger partial charge in [-0.25, -0.2) is 4.98 Å². The van der Waals surface area contributed by atoms with Crippen molar-refractivity contribution in [2.45, 2.75) is 43.7 Å². The van der Waals surface area contributed by atoms with Gasteiger partial charge in [-0.1, -0.05) is 18.2 Å². The minimum Gasteiger partial charge on any atom is -0.375 e. The van der Waals surface area contributed by atoms with E-state index in [4.69, 9.17) is 0 Å². The third kappa shape index (κ3) is 2.11. The molecule has 0 bridgehead atoms. The lowest BCUT2D eigenvalue weighted by atomic mass is 9.74. The van der Waals surface area contributed by atoms with E-state index < -0.39 is 11.5 Å². The molecular formula is C22H20N4O2. The van der Waals surface area contributed by atoms with Gasteiger partial charge in [0.25, 0.3) is 5.91 Å². The van der Waals surface area contributed by atoms with E-state index >= 15 is 0 Å². The second-order valence-corrected chi connectivity index (χ2v) is 7.95. The van der Waals surface area contributed by atoms with E-state index in [-0.39, 0.29) is 5.54 Å². The van der Waals surface area contributed by atoms with Crippen LogP contribution in [-0.4, -0.2) is 20.6 Å². The summed E-state index contributed by atoms with van der Waals surface area (Å²) in [6, 6.07) is 12.3. The number of aliphatic hydroxyl groups is 1. The number of nitriles is 1. The normalized spacial score (nSPS) is 22.4. The Hall–Kier alpha value is -3.17. The van der Waals surface area contributed by atoms with Crippen molar-refractivity contribution in [3.8, 4) is 17.2 Å². The molecule has 0 saturated heterocycles. The number of amides is 1. The monoisotopic (exact) mass is 372 g/mol. The smallest absolute Gasteiger partial charge is 0.262 e. The molecule has 2 aromatic heterocycles. The van der Waals surface area contributed by atoms with Crippen molar-refractivity contribution in [3.05, 3.63) is 48.3 Å². The van der Waals surface area contributed by atoms with Crippen LogP contribution in [-0.2, 0) is 15.9 Å². The van der Waals surface area contributed by atoms with E-state index in [1.165, 1.54) is 6.92 Å². The molecule has 3 heterocycles. The van der Waals surface area contributed by atoms with Gasteiger partial charge in [-0.15, -0.1) is 0 Å². The third-order valence-corrected chi connectivity index (χ3v) is 6.32. The molecule has 1 amide bonds. The molecule has 28 heavy (non-hydrogen) atoms. The van der Waals surface area contributed by atoms with Crippen LogP contribution in [0.3, 0.4) is 0 Å². The average Bonchev–Trinajstić information content (AvgIpc) is 3.14. The predicted octanol–water partition coefficient (Wildman–Crippen LogP) is 3.66. The SMILES string of the molecule is CC1(O)C(=O)Nc2nccc(-c3cn(C4(CC#N)CCC4)c4ccccc34)c21. The fourth-order valence-corrected chi connectivity index (χ4v) is 4.64. The Labute approximate surface area is 162 Å². The quantitative estimate of drug-likeness (QED) is 0.734. The Morgan fingerprint density at radius 2 is 2.07 bits per heavy atom. The van der Waals surface area contributed by atoms with Gasteiger partial charge < -0.3 is 15.0 Å². The first-order valence-electron chi connectivity index (χ1n) is 9.49. The molecular weight excluding hydrogens is 352 g/mol. The molecule has 1 aromatic carbocycles. The van der Waals surface area contributed by atoms with Crippen LogP contribution in [0.25, 0.3) is 22.0 Å². The average molecular weight is 372 g/mol.